The Labute approximate surface area is 104 Å². The molecule has 94 valence electrons. The van der Waals surface area contributed by atoms with Gasteiger partial charge >= 0.3 is 6.09 Å². The van der Waals surface area contributed by atoms with Crippen LogP contribution in [0, 0.1) is 6.92 Å². The molecule has 1 aliphatic heterocycles. The number of carbonyl (C=O) groups excluding carboxylic acids is 1. The molecular weight excluding hydrogens is 232 g/mol. The van der Waals surface area contributed by atoms with Crippen LogP contribution in [0.3, 0.4) is 0 Å². The highest BCUT2D eigenvalue weighted by Crippen LogP contribution is 2.23. The van der Waals surface area contributed by atoms with Crippen molar-refractivity contribution in [2.24, 2.45) is 0 Å². The molecule has 6 nitrogen and oxygen atoms in total. The van der Waals surface area contributed by atoms with E-state index in [-0.39, 0.29) is 6.09 Å². The van der Waals surface area contributed by atoms with Crippen LogP contribution in [0.5, 0.6) is 0 Å². The number of carbonyl (C=O) groups is 1. The maximum atomic E-state index is 11.7. The minimum absolute atomic E-state index is 0.286. The molecular formula is C12H14N4O2. The van der Waals surface area contributed by atoms with E-state index in [9.17, 15) is 4.79 Å². The van der Waals surface area contributed by atoms with Crippen LogP contribution in [0.2, 0.25) is 0 Å². The van der Waals surface area contributed by atoms with Gasteiger partial charge < -0.3 is 4.74 Å². The van der Waals surface area contributed by atoms with Gasteiger partial charge in [-0.05, 0) is 13.8 Å². The second-order valence-corrected chi connectivity index (χ2v) is 4.34. The molecule has 0 unspecified atom stereocenters. The van der Waals surface area contributed by atoms with E-state index in [0.29, 0.717) is 19.7 Å². The molecule has 0 aromatic carbocycles. The third kappa shape index (κ3) is 1.61. The Kier molecular flexibility index (Phi) is 2.43. The van der Waals surface area contributed by atoms with Gasteiger partial charge in [-0.25, -0.2) is 14.3 Å². The third-order valence-electron chi connectivity index (χ3n) is 3.02. The summed E-state index contributed by atoms with van der Waals surface area (Å²) < 4.78 is 6.82. The lowest BCUT2D eigenvalue weighted by atomic mass is 10.3. The first-order chi connectivity index (χ1) is 8.69. The fraction of sp³-hybridized carbons (Fsp3) is 0.417. The van der Waals surface area contributed by atoms with Gasteiger partial charge in [-0.1, -0.05) is 0 Å². The van der Waals surface area contributed by atoms with Crippen molar-refractivity contribution in [1.82, 2.24) is 19.5 Å². The van der Waals surface area contributed by atoms with Crippen molar-refractivity contribution in [2.75, 3.05) is 6.61 Å². The van der Waals surface area contributed by atoms with Gasteiger partial charge in [0.05, 0.1) is 31.1 Å². The van der Waals surface area contributed by atoms with E-state index < -0.39 is 0 Å². The van der Waals surface area contributed by atoms with Crippen molar-refractivity contribution >= 4 is 11.7 Å². The largest absolute Gasteiger partial charge is 0.450 e. The second kappa shape index (κ2) is 3.97. The molecule has 2 aromatic rings. The van der Waals surface area contributed by atoms with Crippen LogP contribution < -0.4 is 0 Å². The predicted molar refractivity (Wildman–Crippen MR) is 64.0 cm³/mol. The highest BCUT2D eigenvalue weighted by Gasteiger charge is 2.27. The van der Waals surface area contributed by atoms with Crippen molar-refractivity contribution in [3.8, 4) is 0 Å². The lowest BCUT2D eigenvalue weighted by molar-refractivity contribution is 0.106. The molecule has 6 heteroatoms. The number of aromatic nitrogens is 3. The number of hydrogen-bond acceptors (Lipinski definition) is 4. The quantitative estimate of drug-likeness (QED) is 0.765. The van der Waals surface area contributed by atoms with Gasteiger partial charge in [-0.3, -0.25) is 4.90 Å². The number of ether oxygens (including phenoxy) is 1. The minimum Gasteiger partial charge on any atom is -0.450 e. The highest BCUT2D eigenvalue weighted by atomic mass is 16.6. The zero-order chi connectivity index (χ0) is 12.7. The summed E-state index contributed by atoms with van der Waals surface area (Å²) in [5.41, 5.74) is 3.78. The first-order valence-corrected chi connectivity index (χ1v) is 5.94. The van der Waals surface area contributed by atoms with Crippen LogP contribution >= 0.6 is 0 Å². The Balaban J connectivity index is 1.97. The first kappa shape index (κ1) is 11.0. The molecule has 0 N–H and O–H groups in total. The summed E-state index contributed by atoms with van der Waals surface area (Å²) in [7, 11) is 0. The zero-order valence-electron chi connectivity index (χ0n) is 10.4. The Morgan fingerprint density at radius 3 is 3.11 bits per heavy atom. The average molecular weight is 246 g/mol. The maximum absolute atomic E-state index is 11.7. The number of rotatable bonds is 1. The number of amides is 1. The molecule has 0 fully saturated rings. The van der Waals surface area contributed by atoms with E-state index in [2.05, 4.69) is 10.1 Å². The lowest BCUT2D eigenvalue weighted by Gasteiger charge is -2.13. The Bertz CT molecular complexity index is 620. The molecule has 0 spiro atoms. The summed E-state index contributed by atoms with van der Waals surface area (Å²) in [6.45, 7) is 5.18. The second-order valence-electron chi connectivity index (χ2n) is 4.34. The number of nitrogens with zero attached hydrogens (tertiary/aromatic N) is 4. The van der Waals surface area contributed by atoms with Crippen LogP contribution in [-0.4, -0.2) is 32.2 Å². The van der Waals surface area contributed by atoms with Gasteiger partial charge in [0.2, 0.25) is 0 Å². The summed E-state index contributed by atoms with van der Waals surface area (Å²) in [5, 5.41) is 4.40. The molecule has 0 saturated heterocycles. The molecule has 0 bridgehead atoms. The number of fused-ring (bicyclic) bond motifs is 3. The molecule has 3 rings (SSSR count). The molecule has 0 saturated carbocycles. The van der Waals surface area contributed by atoms with E-state index >= 15 is 0 Å². The molecule has 0 radical (unpaired) electrons. The fourth-order valence-electron chi connectivity index (χ4n) is 2.22. The summed E-state index contributed by atoms with van der Waals surface area (Å²) in [6, 6.07) is 1.92. The van der Waals surface area contributed by atoms with Crippen molar-refractivity contribution < 1.29 is 9.53 Å². The van der Waals surface area contributed by atoms with Crippen LogP contribution in [0.4, 0.5) is 4.79 Å². The summed E-state index contributed by atoms with van der Waals surface area (Å²) in [4.78, 5) is 17.7. The predicted octanol–water partition coefficient (Wildman–Crippen LogP) is 1.51. The van der Waals surface area contributed by atoms with Gasteiger partial charge in [-0.2, -0.15) is 5.10 Å². The molecule has 1 aliphatic rings. The Hall–Kier alpha value is -2.11. The maximum Gasteiger partial charge on any atom is 0.410 e. The van der Waals surface area contributed by atoms with Crippen LogP contribution in [0.15, 0.2) is 12.3 Å². The topological polar surface area (TPSA) is 59.7 Å². The first-order valence-electron chi connectivity index (χ1n) is 5.94. The molecule has 2 aromatic heterocycles. The Morgan fingerprint density at radius 2 is 2.33 bits per heavy atom. The summed E-state index contributed by atoms with van der Waals surface area (Å²) in [6.07, 6.45) is 1.52. The van der Waals surface area contributed by atoms with E-state index in [1.54, 1.807) is 11.8 Å². The van der Waals surface area contributed by atoms with E-state index in [0.717, 1.165) is 22.6 Å². The lowest BCUT2D eigenvalue weighted by Crippen LogP contribution is -2.26. The molecule has 18 heavy (non-hydrogen) atoms. The van der Waals surface area contributed by atoms with E-state index in [1.807, 2.05) is 23.7 Å². The zero-order valence-corrected chi connectivity index (χ0v) is 10.4. The third-order valence-corrected chi connectivity index (χ3v) is 3.02. The van der Waals surface area contributed by atoms with Crippen molar-refractivity contribution in [3.05, 3.63) is 29.2 Å². The highest BCUT2D eigenvalue weighted by molar-refractivity contribution is 5.68. The Morgan fingerprint density at radius 1 is 1.50 bits per heavy atom. The van der Waals surface area contributed by atoms with Gasteiger partial charge in [0.1, 0.15) is 0 Å². The van der Waals surface area contributed by atoms with Gasteiger partial charge in [0.15, 0.2) is 5.65 Å². The normalized spacial score (nSPS) is 14.0. The average Bonchev–Trinajstić information content (AvgIpc) is 2.90. The number of hydrogen-bond donors (Lipinski definition) is 0. The monoisotopic (exact) mass is 246 g/mol. The fourth-order valence-corrected chi connectivity index (χ4v) is 2.22. The summed E-state index contributed by atoms with van der Waals surface area (Å²) in [5.74, 6) is 0. The van der Waals surface area contributed by atoms with E-state index in [1.165, 1.54) is 0 Å². The summed E-state index contributed by atoms with van der Waals surface area (Å²) >= 11 is 0. The van der Waals surface area contributed by atoms with Crippen LogP contribution in [0.1, 0.15) is 23.9 Å². The van der Waals surface area contributed by atoms with Crippen molar-refractivity contribution in [1.29, 1.82) is 0 Å². The van der Waals surface area contributed by atoms with Crippen molar-refractivity contribution in [2.45, 2.75) is 26.9 Å². The smallest absolute Gasteiger partial charge is 0.410 e. The van der Waals surface area contributed by atoms with Gasteiger partial charge in [-0.15, -0.1) is 0 Å². The number of aryl methyl sites for hydroxylation is 1. The van der Waals surface area contributed by atoms with Crippen molar-refractivity contribution in [3.63, 3.8) is 0 Å². The molecule has 3 heterocycles. The van der Waals surface area contributed by atoms with E-state index in [4.69, 9.17) is 4.74 Å². The standard InChI is InChI=1S/C12H14N4O2/c1-3-18-12(17)15-6-9-5-13-11-4-8(2)14-16(11)10(9)7-15/h4-5H,3,6-7H2,1-2H3. The molecule has 0 aliphatic carbocycles. The molecule has 1 amide bonds. The SMILES string of the molecule is CCOC(=O)N1Cc2cnc3cc(C)nn3c2C1. The van der Waals surface area contributed by atoms with Crippen LogP contribution in [0.25, 0.3) is 5.65 Å². The van der Waals surface area contributed by atoms with Crippen LogP contribution in [-0.2, 0) is 17.8 Å². The van der Waals surface area contributed by atoms with Gasteiger partial charge in [0, 0.05) is 17.8 Å². The van der Waals surface area contributed by atoms with Gasteiger partial charge in [0.25, 0.3) is 0 Å². The molecule has 0 atom stereocenters. The minimum atomic E-state index is -0.286.